The molecular formula is C22H34ClN6O+. The summed E-state index contributed by atoms with van der Waals surface area (Å²) < 4.78 is 0.823. The van der Waals surface area contributed by atoms with Crippen LogP contribution < -0.4 is 16.8 Å². The highest BCUT2D eigenvalue weighted by molar-refractivity contribution is 6.31. The Morgan fingerprint density at radius 1 is 1.17 bits per heavy atom. The molecule has 7 nitrogen and oxygen atoms in total. The van der Waals surface area contributed by atoms with Gasteiger partial charge in [-0.05, 0) is 18.9 Å². The Kier molecular flexibility index (Phi) is 8.43. The van der Waals surface area contributed by atoms with Gasteiger partial charge in [0, 0.05) is 12.8 Å². The van der Waals surface area contributed by atoms with Gasteiger partial charge in [0.1, 0.15) is 6.04 Å². The number of carbonyl (C=O) groups is 1. The number of hydrogen-bond acceptors (Lipinski definition) is 5. The number of hydrogen-bond donors (Lipinski definition) is 3. The fourth-order valence-electron chi connectivity index (χ4n) is 3.56. The number of halogens is 1. The van der Waals surface area contributed by atoms with Gasteiger partial charge in [0.25, 0.3) is 5.91 Å². The Bertz CT molecular complexity index is 853. The number of aromatic nitrogens is 2. The summed E-state index contributed by atoms with van der Waals surface area (Å²) in [6.07, 6.45) is 4.16. The topological polar surface area (TPSA) is 107 Å². The third-order valence-corrected chi connectivity index (χ3v) is 5.83. The van der Waals surface area contributed by atoms with Gasteiger partial charge in [-0.25, -0.2) is 9.97 Å². The van der Waals surface area contributed by atoms with Crippen molar-refractivity contribution in [2.45, 2.75) is 45.6 Å². The first kappa shape index (κ1) is 23.9. The number of nitrogens with zero attached hydrogens (tertiary/aromatic N) is 3. The Labute approximate surface area is 184 Å². The van der Waals surface area contributed by atoms with Crippen molar-refractivity contribution in [3.8, 4) is 0 Å². The van der Waals surface area contributed by atoms with E-state index in [2.05, 4.69) is 67.5 Å². The third kappa shape index (κ3) is 6.57. The van der Waals surface area contributed by atoms with Gasteiger partial charge in [0.05, 0.1) is 27.2 Å². The molecule has 0 aliphatic rings. The molecule has 1 atom stereocenters. The summed E-state index contributed by atoms with van der Waals surface area (Å²) in [7, 11) is 4.44. The number of nitrogens with one attached hydrogen (secondary N) is 1. The van der Waals surface area contributed by atoms with Gasteiger partial charge in [-0.3, -0.25) is 4.79 Å². The molecule has 8 heteroatoms. The lowest BCUT2D eigenvalue weighted by molar-refractivity contribution is -0.914. The van der Waals surface area contributed by atoms with Crippen LogP contribution in [-0.4, -0.2) is 53.6 Å². The summed E-state index contributed by atoms with van der Waals surface area (Å²) in [6.45, 7) is 5.80. The molecular weight excluding hydrogens is 400 g/mol. The molecule has 5 N–H and O–H groups in total. The highest BCUT2D eigenvalue weighted by Crippen LogP contribution is 2.18. The normalized spacial score (nSPS) is 12.6. The second-order valence-electron chi connectivity index (χ2n) is 8.38. The average molecular weight is 434 g/mol. The molecule has 0 saturated carbocycles. The summed E-state index contributed by atoms with van der Waals surface area (Å²) in [4.78, 5) is 20.5. The number of carbonyl (C=O) groups excluding carboxylic acids is 1. The zero-order valence-electron chi connectivity index (χ0n) is 18.4. The van der Waals surface area contributed by atoms with E-state index < -0.39 is 0 Å². The molecule has 0 aliphatic heterocycles. The number of rotatable bonds is 10. The first-order valence-corrected chi connectivity index (χ1v) is 10.8. The number of nitrogens with two attached hydrogens (primary N) is 2. The van der Waals surface area contributed by atoms with E-state index in [4.69, 9.17) is 23.1 Å². The molecule has 164 valence electrons. The van der Waals surface area contributed by atoms with Gasteiger partial charge in [0.15, 0.2) is 22.5 Å². The number of likely N-dealkylation sites (N-methyl/N-ethyl adjacent to an activating group) is 1. The second kappa shape index (κ2) is 10.6. The number of anilines is 2. The zero-order valence-corrected chi connectivity index (χ0v) is 19.2. The molecule has 30 heavy (non-hydrogen) atoms. The van der Waals surface area contributed by atoms with Crippen LogP contribution in [0.15, 0.2) is 24.3 Å². The van der Waals surface area contributed by atoms with E-state index in [0.717, 1.165) is 36.7 Å². The quantitative estimate of drug-likeness (QED) is 0.498. The highest BCUT2D eigenvalue weighted by atomic mass is 35.5. The largest absolute Gasteiger partial charge is 0.382 e. The molecule has 0 saturated heterocycles. The number of nitrogen functional groups attached to an aromatic ring is 2. The Morgan fingerprint density at radius 2 is 1.83 bits per heavy atom. The van der Waals surface area contributed by atoms with Crippen LogP contribution in [0, 0.1) is 6.92 Å². The van der Waals surface area contributed by atoms with Crippen molar-refractivity contribution < 1.29 is 9.28 Å². The summed E-state index contributed by atoms with van der Waals surface area (Å²) in [5.74, 6) is -0.392. The molecule has 0 bridgehead atoms. The maximum absolute atomic E-state index is 12.6. The standard InChI is InChI=1S/C22H33ClN6O/c1-5-7-17(14-26-22(30)18-20(24)28-21(25)19(23)27-18)29(3,4)13-6-8-16-11-9-15(2)10-12-16/h9-12,17H,5-8,13-14H2,1-4H3,(H4-,24,25,26,28,30)/p+1/t17-/m0/s1. The van der Waals surface area contributed by atoms with Crippen LogP contribution in [0.1, 0.15) is 47.8 Å². The van der Waals surface area contributed by atoms with Crippen molar-refractivity contribution >= 4 is 29.1 Å². The Balaban J connectivity index is 1.96. The molecule has 0 unspecified atom stereocenters. The number of benzene rings is 1. The van der Waals surface area contributed by atoms with E-state index in [1.807, 2.05) is 0 Å². The minimum absolute atomic E-state index is 0.00845. The molecule has 0 aliphatic carbocycles. The van der Waals surface area contributed by atoms with Crippen molar-refractivity contribution in [1.29, 1.82) is 0 Å². The molecule has 1 aromatic carbocycles. The first-order chi connectivity index (χ1) is 14.1. The van der Waals surface area contributed by atoms with Crippen molar-refractivity contribution in [3.05, 3.63) is 46.2 Å². The van der Waals surface area contributed by atoms with E-state index >= 15 is 0 Å². The second-order valence-corrected chi connectivity index (χ2v) is 8.74. The van der Waals surface area contributed by atoms with Crippen LogP contribution in [0.25, 0.3) is 0 Å². The summed E-state index contributed by atoms with van der Waals surface area (Å²) in [6, 6.07) is 8.98. The van der Waals surface area contributed by atoms with Gasteiger partial charge in [-0.1, -0.05) is 54.8 Å². The van der Waals surface area contributed by atoms with Gasteiger partial charge >= 0.3 is 0 Å². The smallest absolute Gasteiger partial charge is 0.274 e. The number of quaternary nitrogens is 1. The molecule has 2 aromatic rings. The molecule has 1 heterocycles. The zero-order chi connectivity index (χ0) is 22.3. The Hall–Kier alpha value is -2.38. The maximum atomic E-state index is 12.6. The summed E-state index contributed by atoms with van der Waals surface area (Å²) in [5, 5.41) is 2.93. The van der Waals surface area contributed by atoms with E-state index in [0.29, 0.717) is 6.54 Å². The van der Waals surface area contributed by atoms with E-state index in [-0.39, 0.29) is 34.4 Å². The van der Waals surface area contributed by atoms with Gasteiger partial charge in [0.2, 0.25) is 0 Å². The minimum Gasteiger partial charge on any atom is -0.382 e. The molecule has 2 rings (SSSR count). The summed E-state index contributed by atoms with van der Waals surface area (Å²) >= 11 is 5.89. The number of aryl methyl sites for hydroxylation is 2. The van der Waals surface area contributed by atoms with Crippen molar-refractivity contribution in [1.82, 2.24) is 15.3 Å². The molecule has 1 aromatic heterocycles. The predicted octanol–water partition coefficient (Wildman–Crippen LogP) is 3.21. The van der Waals surface area contributed by atoms with Gasteiger partial charge < -0.3 is 21.3 Å². The molecule has 0 spiro atoms. The predicted molar refractivity (Wildman–Crippen MR) is 123 cm³/mol. The van der Waals surface area contributed by atoms with Crippen LogP contribution in [0.5, 0.6) is 0 Å². The molecule has 1 amide bonds. The van der Waals surface area contributed by atoms with Crippen molar-refractivity contribution in [3.63, 3.8) is 0 Å². The monoisotopic (exact) mass is 433 g/mol. The first-order valence-electron chi connectivity index (χ1n) is 10.4. The van der Waals surface area contributed by atoms with Crippen LogP contribution in [0.2, 0.25) is 5.15 Å². The SMILES string of the molecule is CCC[C@@H](CNC(=O)c1nc(Cl)c(N)nc1N)[N+](C)(C)CCCc1ccc(C)cc1. The highest BCUT2D eigenvalue weighted by Gasteiger charge is 2.28. The van der Waals surface area contributed by atoms with Crippen molar-refractivity contribution in [2.24, 2.45) is 0 Å². The van der Waals surface area contributed by atoms with Crippen LogP contribution >= 0.6 is 11.6 Å². The summed E-state index contributed by atoms with van der Waals surface area (Å²) in [5.41, 5.74) is 14.0. The Morgan fingerprint density at radius 3 is 2.47 bits per heavy atom. The lowest BCUT2D eigenvalue weighted by Crippen LogP contribution is -2.54. The lowest BCUT2D eigenvalue weighted by atomic mass is 10.0. The molecule has 0 fully saturated rings. The van der Waals surface area contributed by atoms with Crippen LogP contribution in [-0.2, 0) is 6.42 Å². The van der Waals surface area contributed by atoms with Crippen LogP contribution in [0.4, 0.5) is 11.6 Å². The van der Waals surface area contributed by atoms with Gasteiger partial charge in [-0.15, -0.1) is 0 Å². The number of amides is 1. The van der Waals surface area contributed by atoms with Crippen LogP contribution in [0.3, 0.4) is 0 Å². The fourth-order valence-corrected chi connectivity index (χ4v) is 3.69. The lowest BCUT2D eigenvalue weighted by Gasteiger charge is -2.38. The average Bonchev–Trinajstić information content (AvgIpc) is 2.69. The third-order valence-electron chi connectivity index (χ3n) is 5.55. The minimum atomic E-state index is -0.386. The maximum Gasteiger partial charge on any atom is 0.274 e. The van der Waals surface area contributed by atoms with E-state index in [1.165, 1.54) is 11.1 Å². The molecule has 0 radical (unpaired) electrons. The van der Waals surface area contributed by atoms with E-state index in [9.17, 15) is 4.79 Å². The fraction of sp³-hybridized carbons (Fsp3) is 0.500. The van der Waals surface area contributed by atoms with Gasteiger partial charge in [-0.2, -0.15) is 0 Å². The van der Waals surface area contributed by atoms with Crippen molar-refractivity contribution in [2.75, 3.05) is 38.7 Å². The van der Waals surface area contributed by atoms with E-state index in [1.54, 1.807) is 0 Å².